The summed E-state index contributed by atoms with van der Waals surface area (Å²) >= 11 is 0. The highest BCUT2D eigenvalue weighted by Crippen LogP contribution is 2.25. The Hall–Kier alpha value is -2.04. The fraction of sp³-hybridized carbons (Fsp3) is 0.467. The smallest absolute Gasteiger partial charge is 0.319 e. The van der Waals surface area contributed by atoms with Crippen molar-refractivity contribution in [2.45, 2.75) is 39.2 Å². The van der Waals surface area contributed by atoms with E-state index in [0.29, 0.717) is 0 Å². The van der Waals surface area contributed by atoms with Crippen molar-refractivity contribution in [3.63, 3.8) is 0 Å². The second-order valence-corrected chi connectivity index (χ2v) is 5.41. The first-order chi connectivity index (χ1) is 9.49. The van der Waals surface area contributed by atoms with E-state index in [1.165, 1.54) is 0 Å². The van der Waals surface area contributed by atoms with Crippen molar-refractivity contribution < 1.29 is 9.59 Å². The summed E-state index contributed by atoms with van der Waals surface area (Å²) < 4.78 is 0. The maximum atomic E-state index is 12.1. The van der Waals surface area contributed by atoms with Gasteiger partial charge in [-0.05, 0) is 37.8 Å². The molecule has 1 aromatic rings. The van der Waals surface area contributed by atoms with Crippen molar-refractivity contribution in [1.82, 2.24) is 5.32 Å². The Labute approximate surface area is 118 Å². The number of primary amides is 1. The highest BCUT2D eigenvalue weighted by Gasteiger charge is 2.32. The van der Waals surface area contributed by atoms with Crippen LogP contribution in [0.3, 0.4) is 0 Å². The number of hydrogen-bond donors (Lipinski definition) is 3. The average molecular weight is 275 g/mol. The maximum absolute atomic E-state index is 12.1. The molecule has 1 aliphatic rings. The zero-order valence-corrected chi connectivity index (χ0v) is 11.9. The maximum Gasteiger partial charge on any atom is 0.319 e. The molecular formula is C15H21N3O2. The topological polar surface area (TPSA) is 84.2 Å². The standard InChI is InChI=1S/C15H21N3O2/c1-9-5-3-6-10(2)13(9)18-15(20)17-12-8-4-7-11(12)14(16)19/h3,5-6,11-12H,4,7-8H2,1-2H3,(H2,16,19)(H2,17,18,20)/t11-,12+/m0/s1. The first-order valence-electron chi connectivity index (χ1n) is 6.92. The molecular weight excluding hydrogens is 254 g/mol. The summed E-state index contributed by atoms with van der Waals surface area (Å²) in [6.07, 6.45) is 2.47. The number of hydrogen-bond acceptors (Lipinski definition) is 2. The molecule has 0 unspecified atom stereocenters. The minimum Gasteiger partial charge on any atom is -0.369 e. The molecule has 108 valence electrons. The van der Waals surface area contributed by atoms with Gasteiger partial charge in [0.1, 0.15) is 0 Å². The van der Waals surface area contributed by atoms with Gasteiger partial charge in [0, 0.05) is 11.7 Å². The predicted octanol–water partition coefficient (Wildman–Crippen LogP) is 2.08. The van der Waals surface area contributed by atoms with Gasteiger partial charge >= 0.3 is 6.03 Å². The Morgan fingerprint density at radius 3 is 2.45 bits per heavy atom. The van der Waals surface area contributed by atoms with Crippen LogP contribution in [0.15, 0.2) is 18.2 Å². The lowest BCUT2D eigenvalue weighted by Crippen LogP contribution is -2.44. The fourth-order valence-corrected chi connectivity index (χ4v) is 2.80. The normalized spacial score (nSPS) is 21.5. The third-order valence-electron chi connectivity index (χ3n) is 3.92. The number of rotatable bonds is 3. The highest BCUT2D eigenvalue weighted by molar-refractivity contribution is 5.91. The molecule has 0 bridgehead atoms. The molecule has 2 atom stereocenters. The number of carbonyl (C=O) groups is 2. The SMILES string of the molecule is Cc1cccc(C)c1NC(=O)N[C@@H]1CCC[C@@H]1C(N)=O. The molecule has 0 spiro atoms. The van der Waals surface area contributed by atoms with E-state index in [-0.39, 0.29) is 23.9 Å². The van der Waals surface area contributed by atoms with Crippen molar-refractivity contribution in [2.75, 3.05) is 5.32 Å². The molecule has 3 amide bonds. The number of benzene rings is 1. The molecule has 1 aromatic carbocycles. The molecule has 2 rings (SSSR count). The fourth-order valence-electron chi connectivity index (χ4n) is 2.80. The molecule has 1 aliphatic carbocycles. The third kappa shape index (κ3) is 3.10. The summed E-state index contributed by atoms with van der Waals surface area (Å²) in [5.41, 5.74) is 8.20. The van der Waals surface area contributed by atoms with Crippen LogP contribution in [0.5, 0.6) is 0 Å². The van der Waals surface area contributed by atoms with Crippen LogP contribution in [0.25, 0.3) is 0 Å². The number of nitrogens with two attached hydrogens (primary N) is 1. The van der Waals surface area contributed by atoms with Crippen LogP contribution >= 0.6 is 0 Å². The number of urea groups is 1. The molecule has 1 saturated carbocycles. The molecule has 0 heterocycles. The molecule has 4 N–H and O–H groups in total. The molecule has 20 heavy (non-hydrogen) atoms. The number of aryl methyl sites for hydroxylation is 2. The largest absolute Gasteiger partial charge is 0.369 e. The van der Waals surface area contributed by atoms with Crippen LogP contribution < -0.4 is 16.4 Å². The summed E-state index contributed by atoms with van der Waals surface area (Å²) in [5, 5.41) is 5.73. The number of nitrogens with one attached hydrogen (secondary N) is 2. The lowest BCUT2D eigenvalue weighted by atomic mass is 10.0. The Morgan fingerprint density at radius 1 is 1.20 bits per heavy atom. The number of anilines is 1. The number of para-hydroxylation sites is 1. The van der Waals surface area contributed by atoms with Gasteiger partial charge in [-0.2, -0.15) is 0 Å². The van der Waals surface area contributed by atoms with Gasteiger partial charge in [-0.25, -0.2) is 4.79 Å². The molecule has 0 aromatic heterocycles. The first kappa shape index (κ1) is 14.4. The number of carbonyl (C=O) groups excluding carboxylic acids is 2. The highest BCUT2D eigenvalue weighted by atomic mass is 16.2. The minimum absolute atomic E-state index is 0.156. The van der Waals surface area contributed by atoms with E-state index < -0.39 is 0 Å². The lowest BCUT2D eigenvalue weighted by molar-refractivity contribution is -0.122. The zero-order chi connectivity index (χ0) is 14.7. The van der Waals surface area contributed by atoms with Crippen molar-refractivity contribution in [2.24, 2.45) is 11.7 Å². The number of amides is 3. The summed E-state index contributed by atoms with van der Waals surface area (Å²) in [6, 6.07) is 5.42. The third-order valence-corrected chi connectivity index (χ3v) is 3.92. The lowest BCUT2D eigenvalue weighted by Gasteiger charge is -2.19. The van der Waals surface area contributed by atoms with E-state index in [1.54, 1.807) is 0 Å². The van der Waals surface area contributed by atoms with Crippen molar-refractivity contribution in [3.05, 3.63) is 29.3 Å². The van der Waals surface area contributed by atoms with Crippen LogP contribution in [-0.2, 0) is 4.79 Å². The summed E-state index contributed by atoms with van der Waals surface area (Å²) in [5.74, 6) is -0.585. The van der Waals surface area contributed by atoms with Crippen LogP contribution in [0, 0.1) is 19.8 Å². The quantitative estimate of drug-likeness (QED) is 0.789. The summed E-state index contributed by atoms with van der Waals surface area (Å²) in [4.78, 5) is 23.4. The second kappa shape index (κ2) is 5.94. The molecule has 5 heteroatoms. The van der Waals surface area contributed by atoms with Gasteiger partial charge in [-0.1, -0.05) is 24.6 Å². The Balaban J connectivity index is 2.01. The van der Waals surface area contributed by atoms with Gasteiger partial charge < -0.3 is 16.4 Å². The van der Waals surface area contributed by atoms with E-state index in [0.717, 1.165) is 36.1 Å². The first-order valence-corrected chi connectivity index (χ1v) is 6.92. The van der Waals surface area contributed by atoms with Crippen molar-refractivity contribution in [1.29, 1.82) is 0 Å². The van der Waals surface area contributed by atoms with Gasteiger partial charge in [0.2, 0.25) is 5.91 Å². The average Bonchev–Trinajstić information content (AvgIpc) is 2.82. The molecule has 1 fully saturated rings. The Bertz CT molecular complexity index is 508. The van der Waals surface area contributed by atoms with Crippen LogP contribution in [0.2, 0.25) is 0 Å². The van der Waals surface area contributed by atoms with Crippen LogP contribution in [-0.4, -0.2) is 18.0 Å². The monoisotopic (exact) mass is 275 g/mol. The van der Waals surface area contributed by atoms with E-state index in [2.05, 4.69) is 10.6 Å². The van der Waals surface area contributed by atoms with Crippen LogP contribution in [0.1, 0.15) is 30.4 Å². The molecule has 0 aliphatic heterocycles. The molecule has 5 nitrogen and oxygen atoms in total. The molecule has 0 radical (unpaired) electrons. The van der Waals surface area contributed by atoms with Crippen molar-refractivity contribution in [3.8, 4) is 0 Å². The van der Waals surface area contributed by atoms with E-state index in [1.807, 2.05) is 32.0 Å². The Kier molecular flexibility index (Phi) is 4.27. The second-order valence-electron chi connectivity index (χ2n) is 5.41. The van der Waals surface area contributed by atoms with Crippen LogP contribution in [0.4, 0.5) is 10.5 Å². The van der Waals surface area contributed by atoms with Gasteiger partial charge in [0.05, 0.1) is 5.92 Å². The van der Waals surface area contributed by atoms with E-state index in [9.17, 15) is 9.59 Å². The summed E-state index contributed by atoms with van der Waals surface area (Å²) in [6.45, 7) is 3.90. The zero-order valence-electron chi connectivity index (χ0n) is 11.9. The molecule has 0 saturated heterocycles. The van der Waals surface area contributed by atoms with Gasteiger partial charge in [0.15, 0.2) is 0 Å². The van der Waals surface area contributed by atoms with Gasteiger partial charge in [0.25, 0.3) is 0 Å². The Morgan fingerprint density at radius 2 is 1.85 bits per heavy atom. The van der Waals surface area contributed by atoms with E-state index >= 15 is 0 Å². The van der Waals surface area contributed by atoms with Gasteiger partial charge in [-0.15, -0.1) is 0 Å². The minimum atomic E-state index is -0.333. The van der Waals surface area contributed by atoms with Gasteiger partial charge in [-0.3, -0.25) is 4.79 Å². The predicted molar refractivity (Wildman–Crippen MR) is 78.4 cm³/mol. The van der Waals surface area contributed by atoms with E-state index in [4.69, 9.17) is 5.73 Å². The summed E-state index contributed by atoms with van der Waals surface area (Å²) in [7, 11) is 0. The van der Waals surface area contributed by atoms with Crippen molar-refractivity contribution >= 4 is 17.6 Å².